The third kappa shape index (κ3) is 4.87. The molecule has 1 heterocycles. The zero-order valence-corrected chi connectivity index (χ0v) is 17.1. The molecule has 1 aliphatic rings. The molecule has 0 aromatic heterocycles. The van der Waals surface area contributed by atoms with E-state index in [1.54, 1.807) is 25.3 Å². The van der Waals surface area contributed by atoms with Gasteiger partial charge in [-0.3, -0.25) is 0 Å². The lowest BCUT2D eigenvalue weighted by atomic mass is 10.2. The summed E-state index contributed by atoms with van der Waals surface area (Å²) in [4.78, 5) is 12.4. The van der Waals surface area contributed by atoms with Crippen molar-refractivity contribution in [3.05, 3.63) is 53.6 Å². The number of ether oxygens (including phenoxy) is 4. The number of esters is 1. The topological polar surface area (TPSA) is 91.4 Å². The van der Waals surface area contributed by atoms with E-state index in [9.17, 15) is 13.2 Å². The second-order valence-electron chi connectivity index (χ2n) is 6.31. The van der Waals surface area contributed by atoms with Gasteiger partial charge in [-0.25, -0.2) is 13.2 Å². The first-order valence-electron chi connectivity index (χ1n) is 9.01. The molecule has 3 rings (SSSR count). The van der Waals surface area contributed by atoms with Gasteiger partial charge < -0.3 is 18.9 Å². The molecule has 0 saturated carbocycles. The second kappa shape index (κ2) is 9.25. The van der Waals surface area contributed by atoms with Gasteiger partial charge in [0.25, 0.3) is 0 Å². The molecule has 1 fully saturated rings. The Morgan fingerprint density at radius 3 is 2.28 bits per heavy atom. The van der Waals surface area contributed by atoms with Gasteiger partial charge in [0.15, 0.2) is 11.5 Å². The quantitative estimate of drug-likeness (QED) is 0.632. The summed E-state index contributed by atoms with van der Waals surface area (Å²) >= 11 is 0. The molecular formula is C20H23NO7S. The summed E-state index contributed by atoms with van der Waals surface area (Å²) in [6.45, 7) is 1.43. The lowest BCUT2D eigenvalue weighted by Crippen LogP contribution is -2.40. The number of rotatable bonds is 7. The molecule has 0 bridgehead atoms. The molecule has 2 aromatic carbocycles. The standard InChI is InChI=1S/C20H23NO7S/c1-25-18-8-3-15(13-19(18)26-2)14-28-20(22)16-4-6-17(7-5-16)29(23,24)21-9-11-27-12-10-21/h3-8,13H,9-12,14H2,1-2H3. The molecular weight excluding hydrogens is 398 g/mol. The highest BCUT2D eigenvalue weighted by atomic mass is 32.2. The minimum atomic E-state index is -3.60. The van der Waals surface area contributed by atoms with Crippen molar-refractivity contribution >= 4 is 16.0 Å². The van der Waals surface area contributed by atoms with Gasteiger partial charge in [-0.2, -0.15) is 4.31 Å². The number of methoxy groups -OCH3 is 2. The fourth-order valence-electron chi connectivity index (χ4n) is 2.90. The van der Waals surface area contributed by atoms with E-state index in [2.05, 4.69) is 0 Å². The van der Waals surface area contributed by atoms with E-state index in [4.69, 9.17) is 18.9 Å². The van der Waals surface area contributed by atoms with Crippen molar-refractivity contribution < 1.29 is 32.2 Å². The molecule has 8 nitrogen and oxygen atoms in total. The number of benzene rings is 2. The first kappa shape index (κ1) is 21.1. The van der Waals surface area contributed by atoms with E-state index < -0.39 is 16.0 Å². The first-order chi connectivity index (χ1) is 14.0. The number of nitrogens with zero attached hydrogens (tertiary/aromatic N) is 1. The molecule has 0 unspecified atom stereocenters. The van der Waals surface area contributed by atoms with E-state index in [0.717, 1.165) is 5.56 Å². The fraction of sp³-hybridized carbons (Fsp3) is 0.350. The van der Waals surface area contributed by atoms with Crippen LogP contribution in [0.2, 0.25) is 0 Å². The van der Waals surface area contributed by atoms with Gasteiger partial charge in [-0.1, -0.05) is 6.07 Å². The average molecular weight is 421 g/mol. The maximum atomic E-state index is 12.6. The van der Waals surface area contributed by atoms with E-state index >= 15 is 0 Å². The fourth-order valence-corrected chi connectivity index (χ4v) is 4.31. The van der Waals surface area contributed by atoms with E-state index in [-0.39, 0.29) is 17.1 Å². The molecule has 9 heteroatoms. The maximum Gasteiger partial charge on any atom is 0.338 e. The largest absolute Gasteiger partial charge is 0.493 e. The van der Waals surface area contributed by atoms with E-state index in [1.807, 2.05) is 0 Å². The minimum absolute atomic E-state index is 0.0486. The number of hydrogen-bond acceptors (Lipinski definition) is 7. The highest BCUT2D eigenvalue weighted by Gasteiger charge is 2.26. The normalized spacial score (nSPS) is 15.0. The summed E-state index contributed by atoms with van der Waals surface area (Å²) in [5.74, 6) is 0.577. The molecule has 0 N–H and O–H groups in total. The number of carbonyl (C=O) groups excluding carboxylic acids is 1. The highest BCUT2D eigenvalue weighted by Crippen LogP contribution is 2.28. The summed E-state index contributed by atoms with van der Waals surface area (Å²) in [5, 5.41) is 0. The zero-order chi connectivity index (χ0) is 20.9. The molecule has 1 aliphatic heterocycles. The Hall–Kier alpha value is -2.62. The number of hydrogen-bond donors (Lipinski definition) is 0. The van der Waals surface area contributed by atoms with Crippen LogP contribution in [0.4, 0.5) is 0 Å². The number of morpholine rings is 1. The molecule has 0 amide bonds. The molecule has 2 aromatic rings. The summed E-state index contributed by atoms with van der Waals surface area (Å²) in [5.41, 5.74) is 1.01. The third-order valence-electron chi connectivity index (χ3n) is 4.52. The predicted molar refractivity (Wildman–Crippen MR) is 105 cm³/mol. The molecule has 0 radical (unpaired) electrons. The minimum Gasteiger partial charge on any atom is -0.493 e. The Balaban J connectivity index is 1.65. The van der Waals surface area contributed by atoms with Crippen LogP contribution in [0.25, 0.3) is 0 Å². The first-order valence-corrected chi connectivity index (χ1v) is 10.5. The Morgan fingerprint density at radius 2 is 1.66 bits per heavy atom. The number of sulfonamides is 1. The monoisotopic (exact) mass is 421 g/mol. The Kier molecular flexibility index (Phi) is 6.73. The van der Waals surface area contributed by atoms with Crippen LogP contribution < -0.4 is 9.47 Å². The number of carbonyl (C=O) groups is 1. The smallest absolute Gasteiger partial charge is 0.338 e. The van der Waals surface area contributed by atoms with Crippen LogP contribution >= 0.6 is 0 Å². The Morgan fingerprint density at radius 1 is 1.00 bits per heavy atom. The molecule has 0 atom stereocenters. The second-order valence-corrected chi connectivity index (χ2v) is 8.24. The molecule has 29 heavy (non-hydrogen) atoms. The van der Waals surface area contributed by atoms with Crippen LogP contribution in [0.15, 0.2) is 47.4 Å². The Bertz CT molecular complexity index is 951. The van der Waals surface area contributed by atoms with Crippen LogP contribution in [0.3, 0.4) is 0 Å². The average Bonchev–Trinajstić information content (AvgIpc) is 2.77. The summed E-state index contributed by atoms with van der Waals surface area (Å²) < 4.78 is 47.5. The van der Waals surface area contributed by atoms with Crippen molar-refractivity contribution in [2.45, 2.75) is 11.5 Å². The maximum absolute atomic E-state index is 12.6. The van der Waals surface area contributed by atoms with Gasteiger partial charge in [0.1, 0.15) is 6.61 Å². The van der Waals surface area contributed by atoms with Gasteiger partial charge in [-0.15, -0.1) is 0 Å². The van der Waals surface area contributed by atoms with Crippen LogP contribution in [-0.4, -0.2) is 59.2 Å². The third-order valence-corrected chi connectivity index (χ3v) is 6.43. The summed E-state index contributed by atoms with van der Waals surface area (Å²) in [6.07, 6.45) is 0. The van der Waals surface area contributed by atoms with Crippen LogP contribution in [-0.2, 0) is 26.1 Å². The summed E-state index contributed by atoms with van der Waals surface area (Å²) in [6, 6.07) is 11.0. The molecule has 0 spiro atoms. The van der Waals surface area contributed by atoms with E-state index in [1.165, 1.54) is 35.7 Å². The van der Waals surface area contributed by atoms with Crippen molar-refractivity contribution in [2.75, 3.05) is 40.5 Å². The van der Waals surface area contributed by atoms with Crippen molar-refractivity contribution in [3.63, 3.8) is 0 Å². The van der Waals surface area contributed by atoms with Gasteiger partial charge in [0.05, 0.1) is 37.9 Å². The molecule has 156 valence electrons. The predicted octanol–water partition coefficient (Wildman–Crippen LogP) is 2.08. The Labute approximate surface area is 170 Å². The van der Waals surface area contributed by atoms with Crippen LogP contribution in [0, 0.1) is 0 Å². The van der Waals surface area contributed by atoms with Gasteiger partial charge in [-0.05, 0) is 42.0 Å². The lowest BCUT2D eigenvalue weighted by molar-refractivity contribution is 0.0472. The zero-order valence-electron chi connectivity index (χ0n) is 16.3. The van der Waals surface area contributed by atoms with Crippen molar-refractivity contribution in [3.8, 4) is 11.5 Å². The lowest BCUT2D eigenvalue weighted by Gasteiger charge is -2.26. The molecule has 0 aliphatic carbocycles. The summed E-state index contributed by atoms with van der Waals surface area (Å²) in [7, 11) is -0.529. The van der Waals surface area contributed by atoms with Crippen molar-refractivity contribution in [2.24, 2.45) is 0 Å². The van der Waals surface area contributed by atoms with Crippen LogP contribution in [0.1, 0.15) is 15.9 Å². The SMILES string of the molecule is COc1ccc(COC(=O)c2ccc(S(=O)(=O)N3CCOCC3)cc2)cc1OC. The van der Waals surface area contributed by atoms with Gasteiger partial charge >= 0.3 is 5.97 Å². The molecule has 1 saturated heterocycles. The van der Waals surface area contributed by atoms with Crippen LogP contribution in [0.5, 0.6) is 11.5 Å². The van der Waals surface area contributed by atoms with E-state index in [0.29, 0.717) is 37.8 Å². The van der Waals surface area contributed by atoms with Crippen molar-refractivity contribution in [1.29, 1.82) is 0 Å². The van der Waals surface area contributed by atoms with Gasteiger partial charge in [0, 0.05) is 13.1 Å². The highest BCUT2D eigenvalue weighted by molar-refractivity contribution is 7.89. The van der Waals surface area contributed by atoms with Crippen molar-refractivity contribution in [1.82, 2.24) is 4.31 Å². The van der Waals surface area contributed by atoms with Gasteiger partial charge in [0.2, 0.25) is 10.0 Å².